The quantitative estimate of drug-likeness (QED) is 0.136. The van der Waals surface area contributed by atoms with Crippen molar-refractivity contribution in [3.63, 3.8) is 0 Å². The van der Waals surface area contributed by atoms with Gasteiger partial charge in [0.25, 0.3) is 0 Å². The van der Waals surface area contributed by atoms with Crippen molar-refractivity contribution >= 4 is 68.0 Å². The maximum atomic E-state index is 2.39. The molecular formula is C48H30S6. The molecule has 0 atom stereocenters. The van der Waals surface area contributed by atoms with Gasteiger partial charge in [-0.15, -0.1) is 68.0 Å². The van der Waals surface area contributed by atoms with Crippen molar-refractivity contribution in [2.75, 3.05) is 0 Å². The van der Waals surface area contributed by atoms with Crippen LogP contribution in [0.15, 0.2) is 182 Å². The summed E-state index contributed by atoms with van der Waals surface area (Å²) in [5.74, 6) is 0. The summed E-state index contributed by atoms with van der Waals surface area (Å²) in [5, 5.41) is 0. The standard InChI is InChI=1S/C48H30S6/c1-4-10-31(11-5-1)37-16-22-43(49-37)46-25-19-40(52-46)34-28-35(41-20-26-47(53-41)44-23-17-38(50-44)32-12-6-2-7-13-32)30-36(29-34)42-21-27-48(54-42)45-24-18-39(51-45)33-14-8-3-9-15-33/h1-30H. The van der Waals surface area contributed by atoms with Crippen molar-refractivity contribution in [3.05, 3.63) is 182 Å². The van der Waals surface area contributed by atoms with Crippen LogP contribution in [0.3, 0.4) is 0 Å². The Labute approximate surface area is 339 Å². The molecule has 10 aromatic rings. The fourth-order valence-corrected chi connectivity index (χ4v) is 12.9. The van der Waals surface area contributed by atoms with Crippen molar-refractivity contribution < 1.29 is 0 Å². The van der Waals surface area contributed by atoms with Crippen LogP contribution in [0, 0.1) is 0 Å². The Bertz CT molecular complexity index is 2500. The molecule has 6 heteroatoms. The van der Waals surface area contributed by atoms with Crippen molar-refractivity contribution in [2.24, 2.45) is 0 Å². The lowest BCUT2D eigenvalue weighted by molar-refractivity contribution is 1.67. The van der Waals surface area contributed by atoms with E-state index < -0.39 is 0 Å². The Hall–Kier alpha value is -4.92. The van der Waals surface area contributed by atoms with E-state index in [0.717, 1.165) is 0 Å². The molecule has 0 saturated carbocycles. The van der Waals surface area contributed by atoms with Gasteiger partial charge in [-0.25, -0.2) is 0 Å². The third-order valence-electron chi connectivity index (χ3n) is 9.33. The molecule has 0 radical (unpaired) electrons. The van der Waals surface area contributed by atoms with E-state index in [0.29, 0.717) is 0 Å². The van der Waals surface area contributed by atoms with Crippen molar-refractivity contribution in [1.29, 1.82) is 0 Å². The van der Waals surface area contributed by atoms with Crippen LogP contribution in [0.4, 0.5) is 0 Å². The lowest BCUT2D eigenvalue weighted by Crippen LogP contribution is -1.81. The maximum absolute atomic E-state index is 2.39. The predicted molar refractivity (Wildman–Crippen MR) is 243 cm³/mol. The molecule has 0 aliphatic carbocycles. The van der Waals surface area contributed by atoms with E-state index in [1.807, 2.05) is 68.0 Å². The van der Waals surface area contributed by atoms with Crippen molar-refractivity contribution in [2.45, 2.75) is 0 Å². The monoisotopic (exact) mass is 798 g/mol. The van der Waals surface area contributed by atoms with Gasteiger partial charge in [0.05, 0.1) is 0 Å². The van der Waals surface area contributed by atoms with E-state index in [4.69, 9.17) is 0 Å². The van der Waals surface area contributed by atoms with Crippen LogP contribution >= 0.6 is 68.0 Å². The fraction of sp³-hybridized carbons (Fsp3) is 0. The van der Waals surface area contributed by atoms with Gasteiger partial charge in [0, 0.05) is 58.5 Å². The van der Waals surface area contributed by atoms with Crippen LogP contribution in [0.1, 0.15) is 0 Å². The zero-order chi connectivity index (χ0) is 35.8. The first-order chi connectivity index (χ1) is 26.7. The second-order valence-electron chi connectivity index (χ2n) is 12.9. The first kappa shape index (κ1) is 33.6. The molecule has 0 fully saturated rings. The molecule has 0 amide bonds. The second kappa shape index (κ2) is 14.7. The van der Waals surface area contributed by atoms with Crippen LogP contribution in [0.5, 0.6) is 0 Å². The van der Waals surface area contributed by atoms with Gasteiger partial charge in [-0.3, -0.25) is 0 Å². The molecule has 6 heterocycles. The second-order valence-corrected chi connectivity index (χ2v) is 19.4. The summed E-state index contributed by atoms with van der Waals surface area (Å²) in [5.41, 5.74) is 7.58. The van der Waals surface area contributed by atoms with Gasteiger partial charge in [0.1, 0.15) is 0 Å². The number of benzene rings is 4. The molecule has 0 nitrogen and oxygen atoms in total. The number of rotatable bonds is 9. The van der Waals surface area contributed by atoms with Crippen molar-refractivity contribution in [1.82, 2.24) is 0 Å². The minimum atomic E-state index is 1.26. The molecule has 6 aromatic heterocycles. The summed E-state index contributed by atoms with van der Waals surface area (Å²) < 4.78 is 0. The first-order valence-corrected chi connectivity index (χ1v) is 22.5. The SMILES string of the molecule is c1ccc(-c2ccc(-c3ccc(-c4cc(-c5ccc(-c6ccc(-c7ccccc7)s6)s5)cc(-c5ccc(-c6ccc(-c7ccccc7)s6)s5)c4)s3)s2)cc1. The van der Waals surface area contributed by atoms with Gasteiger partial charge in [0.15, 0.2) is 0 Å². The topological polar surface area (TPSA) is 0 Å². The molecule has 54 heavy (non-hydrogen) atoms. The van der Waals surface area contributed by atoms with E-state index in [2.05, 4.69) is 182 Å². The fourth-order valence-electron chi connectivity index (χ4n) is 6.61. The lowest BCUT2D eigenvalue weighted by Gasteiger charge is -2.07. The molecule has 0 bridgehead atoms. The van der Waals surface area contributed by atoms with E-state index >= 15 is 0 Å². The summed E-state index contributed by atoms with van der Waals surface area (Å²) in [4.78, 5) is 15.6. The highest BCUT2D eigenvalue weighted by Crippen LogP contribution is 2.46. The molecule has 0 aliphatic heterocycles. The molecular weight excluding hydrogens is 769 g/mol. The van der Waals surface area contributed by atoms with E-state index in [9.17, 15) is 0 Å². The molecule has 0 unspecified atom stereocenters. The van der Waals surface area contributed by atoms with E-state index in [-0.39, 0.29) is 0 Å². The molecule has 0 spiro atoms. The molecule has 0 saturated heterocycles. The third-order valence-corrected chi connectivity index (χ3v) is 16.7. The number of hydrogen-bond acceptors (Lipinski definition) is 6. The van der Waals surface area contributed by atoms with Crippen LogP contribution in [-0.4, -0.2) is 0 Å². The van der Waals surface area contributed by atoms with Gasteiger partial charge in [-0.05, 0) is 124 Å². The Balaban J connectivity index is 1.01. The molecule has 4 aromatic carbocycles. The first-order valence-electron chi connectivity index (χ1n) is 17.6. The minimum absolute atomic E-state index is 1.26. The van der Waals surface area contributed by atoms with Crippen LogP contribution in [-0.2, 0) is 0 Å². The summed E-state index contributed by atoms with van der Waals surface area (Å²) in [6, 6.07) is 66.6. The number of hydrogen-bond donors (Lipinski definition) is 0. The van der Waals surface area contributed by atoms with Gasteiger partial charge in [-0.1, -0.05) is 91.0 Å². The molecule has 258 valence electrons. The Morgan fingerprint density at radius 3 is 0.574 bits per heavy atom. The van der Waals surface area contributed by atoms with Gasteiger partial charge < -0.3 is 0 Å². The lowest BCUT2D eigenvalue weighted by atomic mass is 10.0. The zero-order valence-corrected chi connectivity index (χ0v) is 33.7. The smallest absolute Gasteiger partial charge is 0.0449 e. The summed E-state index contributed by atoms with van der Waals surface area (Å²) in [6.07, 6.45) is 0. The number of thiophene rings is 6. The predicted octanol–water partition coefficient (Wildman–Crippen LogP) is 17.1. The molecule has 0 N–H and O–H groups in total. The van der Waals surface area contributed by atoms with Gasteiger partial charge >= 0.3 is 0 Å². The largest absolute Gasteiger partial charge is 0.134 e. The van der Waals surface area contributed by atoms with Gasteiger partial charge in [0.2, 0.25) is 0 Å². The average molecular weight is 799 g/mol. The van der Waals surface area contributed by atoms with E-state index in [1.165, 1.54) is 91.9 Å². The van der Waals surface area contributed by atoms with Crippen LogP contribution in [0.25, 0.3) is 91.9 Å². The summed E-state index contributed by atoms with van der Waals surface area (Å²) in [6.45, 7) is 0. The molecule has 0 aliphatic rings. The maximum Gasteiger partial charge on any atom is 0.0449 e. The minimum Gasteiger partial charge on any atom is -0.134 e. The Kier molecular flexibility index (Phi) is 9.17. The highest BCUT2D eigenvalue weighted by atomic mass is 32.1. The molecule has 10 rings (SSSR count). The highest BCUT2D eigenvalue weighted by molar-refractivity contribution is 7.26. The zero-order valence-electron chi connectivity index (χ0n) is 28.8. The Morgan fingerprint density at radius 2 is 0.352 bits per heavy atom. The summed E-state index contributed by atoms with van der Waals surface area (Å²) >= 11 is 11.2. The van der Waals surface area contributed by atoms with Crippen LogP contribution < -0.4 is 0 Å². The van der Waals surface area contributed by atoms with Crippen LogP contribution in [0.2, 0.25) is 0 Å². The summed E-state index contributed by atoms with van der Waals surface area (Å²) in [7, 11) is 0. The van der Waals surface area contributed by atoms with Gasteiger partial charge in [-0.2, -0.15) is 0 Å². The Morgan fingerprint density at radius 1 is 0.167 bits per heavy atom. The van der Waals surface area contributed by atoms with Crippen molar-refractivity contribution in [3.8, 4) is 91.9 Å². The third kappa shape index (κ3) is 6.82. The normalized spacial score (nSPS) is 11.3. The van der Waals surface area contributed by atoms with E-state index in [1.54, 1.807) is 0 Å². The average Bonchev–Trinajstić information content (AvgIpc) is 4.09. The highest BCUT2D eigenvalue weighted by Gasteiger charge is 2.16.